The maximum absolute atomic E-state index is 4.60. The minimum absolute atomic E-state index is 0.528. The molecule has 0 aromatic carbocycles. The third-order valence-electron chi connectivity index (χ3n) is 3.76. The van der Waals surface area contributed by atoms with Crippen molar-refractivity contribution in [1.82, 2.24) is 34.5 Å². The lowest BCUT2D eigenvalue weighted by molar-refractivity contribution is 0.944. The molecule has 8 nitrogen and oxygen atoms in total. The summed E-state index contributed by atoms with van der Waals surface area (Å²) in [5, 5.41) is 8.57. The predicted molar refractivity (Wildman–Crippen MR) is 103 cm³/mol. The maximum Gasteiger partial charge on any atom is 0.214 e. The highest BCUT2D eigenvalue weighted by molar-refractivity contribution is 9.10. The Labute approximate surface area is 159 Å². The number of H-pyrrole nitrogens is 1. The zero-order valence-electron chi connectivity index (χ0n) is 13.2. The van der Waals surface area contributed by atoms with Gasteiger partial charge in [0.15, 0.2) is 5.65 Å². The first-order chi connectivity index (χ1) is 12.7. The molecule has 0 saturated heterocycles. The molecule has 0 saturated carbocycles. The Kier molecular flexibility index (Phi) is 3.64. The molecule has 0 bridgehead atoms. The van der Waals surface area contributed by atoms with Crippen LogP contribution in [0.2, 0.25) is 0 Å². The first kappa shape index (κ1) is 15.4. The molecule has 5 heterocycles. The number of nitrogens with zero attached hydrogens (tertiary/aromatic N) is 6. The van der Waals surface area contributed by atoms with Crippen molar-refractivity contribution in [2.75, 3.05) is 5.32 Å². The molecule has 5 aromatic rings. The topological polar surface area (TPSA) is 96.7 Å². The van der Waals surface area contributed by atoms with E-state index >= 15 is 0 Å². The highest BCUT2D eigenvalue weighted by Crippen LogP contribution is 2.24. The van der Waals surface area contributed by atoms with E-state index in [1.807, 2.05) is 24.4 Å². The van der Waals surface area contributed by atoms with Crippen LogP contribution in [-0.4, -0.2) is 34.5 Å². The summed E-state index contributed by atoms with van der Waals surface area (Å²) < 4.78 is 2.69. The van der Waals surface area contributed by atoms with Crippen molar-refractivity contribution in [2.24, 2.45) is 0 Å². The second kappa shape index (κ2) is 6.15. The van der Waals surface area contributed by atoms with Gasteiger partial charge in [-0.1, -0.05) is 11.3 Å². The van der Waals surface area contributed by atoms with Crippen LogP contribution in [0.25, 0.3) is 27.4 Å². The van der Waals surface area contributed by atoms with Crippen LogP contribution in [-0.2, 0) is 6.54 Å². The first-order valence-corrected chi connectivity index (χ1v) is 9.36. The molecule has 26 heavy (non-hydrogen) atoms. The van der Waals surface area contributed by atoms with Crippen LogP contribution in [0.1, 0.15) is 5.82 Å². The van der Waals surface area contributed by atoms with Gasteiger partial charge in [0.25, 0.3) is 0 Å². The Morgan fingerprint density at radius 2 is 2.23 bits per heavy atom. The fraction of sp³-hybridized carbons (Fsp3) is 0.0625. The largest absolute Gasteiger partial charge is 0.353 e. The number of hydrogen-bond donors (Lipinski definition) is 2. The smallest absolute Gasteiger partial charge is 0.214 e. The molecule has 0 aliphatic heterocycles. The van der Waals surface area contributed by atoms with Gasteiger partial charge in [0.05, 0.1) is 24.0 Å². The molecular weight excluding hydrogens is 416 g/mol. The van der Waals surface area contributed by atoms with Crippen LogP contribution in [0, 0.1) is 0 Å². The molecule has 0 amide bonds. The highest BCUT2D eigenvalue weighted by Gasteiger charge is 2.10. The van der Waals surface area contributed by atoms with Crippen LogP contribution >= 0.6 is 27.3 Å². The maximum atomic E-state index is 4.60. The molecule has 0 aliphatic rings. The fourth-order valence-electron chi connectivity index (χ4n) is 2.59. The molecule has 0 aliphatic carbocycles. The van der Waals surface area contributed by atoms with E-state index in [1.54, 1.807) is 23.1 Å². The molecule has 5 aromatic heterocycles. The zero-order chi connectivity index (χ0) is 17.5. The summed E-state index contributed by atoms with van der Waals surface area (Å²) in [5.41, 5.74) is 3.42. The minimum atomic E-state index is 0.528. The summed E-state index contributed by atoms with van der Waals surface area (Å²) in [6, 6.07) is 5.83. The van der Waals surface area contributed by atoms with Crippen molar-refractivity contribution >= 4 is 48.5 Å². The Balaban J connectivity index is 1.35. The van der Waals surface area contributed by atoms with Gasteiger partial charge < -0.3 is 10.3 Å². The standard InChI is InChI=1S/C16H11BrN8S/c17-10-4-11-14(19-6-10)23-13(21-11)7-20-15-24-25-8-12(22-16(25)26-15)9-2-1-3-18-5-9/h1-6,8H,7H2,(H,20,24)(H,19,21,23). The number of aromatic nitrogens is 7. The lowest BCUT2D eigenvalue weighted by Gasteiger charge is -1.97. The summed E-state index contributed by atoms with van der Waals surface area (Å²) in [5.74, 6) is 0.800. The van der Waals surface area contributed by atoms with Crippen LogP contribution in [0.15, 0.2) is 47.5 Å². The number of anilines is 1. The van der Waals surface area contributed by atoms with Crippen LogP contribution < -0.4 is 5.32 Å². The lowest BCUT2D eigenvalue weighted by atomic mass is 10.2. The highest BCUT2D eigenvalue weighted by atomic mass is 79.9. The molecule has 0 fully saturated rings. The number of imidazole rings is 2. The van der Waals surface area contributed by atoms with E-state index in [0.29, 0.717) is 12.2 Å². The van der Waals surface area contributed by atoms with E-state index in [-0.39, 0.29) is 0 Å². The minimum Gasteiger partial charge on any atom is -0.353 e. The van der Waals surface area contributed by atoms with E-state index in [1.165, 1.54) is 11.3 Å². The van der Waals surface area contributed by atoms with Gasteiger partial charge in [-0.3, -0.25) is 4.98 Å². The van der Waals surface area contributed by atoms with E-state index in [2.05, 4.69) is 51.3 Å². The van der Waals surface area contributed by atoms with Gasteiger partial charge in [0, 0.05) is 28.6 Å². The summed E-state index contributed by atoms with van der Waals surface area (Å²) in [7, 11) is 0. The molecular formula is C16H11BrN8S. The number of pyridine rings is 2. The van der Waals surface area contributed by atoms with Gasteiger partial charge in [-0.05, 0) is 34.1 Å². The first-order valence-electron chi connectivity index (χ1n) is 7.75. The molecule has 0 radical (unpaired) electrons. The lowest BCUT2D eigenvalue weighted by Crippen LogP contribution is -2.01. The van der Waals surface area contributed by atoms with Crippen molar-refractivity contribution in [3.63, 3.8) is 0 Å². The number of rotatable bonds is 4. The van der Waals surface area contributed by atoms with Crippen molar-refractivity contribution < 1.29 is 0 Å². The molecule has 0 spiro atoms. The number of halogens is 1. The van der Waals surface area contributed by atoms with Gasteiger partial charge in [0.2, 0.25) is 10.1 Å². The number of hydrogen-bond acceptors (Lipinski definition) is 7. The van der Waals surface area contributed by atoms with Crippen molar-refractivity contribution in [3.8, 4) is 11.3 Å². The molecule has 2 N–H and O–H groups in total. The van der Waals surface area contributed by atoms with E-state index in [9.17, 15) is 0 Å². The summed E-state index contributed by atoms with van der Waals surface area (Å²) in [6.45, 7) is 0.528. The number of fused-ring (bicyclic) bond motifs is 2. The van der Waals surface area contributed by atoms with E-state index in [4.69, 9.17) is 0 Å². The normalized spacial score (nSPS) is 11.4. The van der Waals surface area contributed by atoms with Gasteiger partial charge in [-0.15, -0.1) is 5.10 Å². The Morgan fingerprint density at radius 1 is 1.27 bits per heavy atom. The monoisotopic (exact) mass is 426 g/mol. The van der Waals surface area contributed by atoms with Crippen LogP contribution in [0.3, 0.4) is 0 Å². The second-order valence-electron chi connectivity index (χ2n) is 5.56. The van der Waals surface area contributed by atoms with Crippen molar-refractivity contribution in [3.05, 3.63) is 53.3 Å². The van der Waals surface area contributed by atoms with Crippen LogP contribution in [0.4, 0.5) is 5.13 Å². The molecule has 0 unspecified atom stereocenters. The molecule has 0 atom stereocenters. The van der Waals surface area contributed by atoms with E-state index < -0.39 is 0 Å². The number of nitrogens with one attached hydrogen (secondary N) is 2. The average Bonchev–Trinajstić information content (AvgIpc) is 3.32. The van der Waals surface area contributed by atoms with Gasteiger partial charge in [-0.25, -0.2) is 19.5 Å². The summed E-state index contributed by atoms with van der Waals surface area (Å²) in [6.07, 6.45) is 7.17. The molecule has 10 heteroatoms. The summed E-state index contributed by atoms with van der Waals surface area (Å²) >= 11 is 4.89. The third kappa shape index (κ3) is 2.82. The predicted octanol–water partition coefficient (Wildman–Crippen LogP) is 3.50. The average molecular weight is 427 g/mol. The Hall–Kier alpha value is -2.85. The van der Waals surface area contributed by atoms with Gasteiger partial charge >= 0.3 is 0 Å². The van der Waals surface area contributed by atoms with E-state index in [0.717, 1.165) is 37.2 Å². The van der Waals surface area contributed by atoms with Crippen molar-refractivity contribution in [1.29, 1.82) is 0 Å². The quantitative estimate of drug-likeness (QED) is 0.456. The van der Waals surface area contributed by atoms with Gasteiger partial charge in [0.1, 0.15) is 5.82 Å². The second-order valence-corrected chi connectivity index (χ2v) is 7.44. The Morgan fingerprint density at radius 3 is 3.08 bits per heavy atom. The van der Waals surface area contributed by atoms with Gasteiger partial charge in [-0.2, -0.15) is 0 Å². The summed E-state index contributed by atoms with van der Waals surface area (Å²) in [4.78, 5) is 21.5. The molecule has 5 rings (SSSR count). The third-order valence-corrected chi connectivity index (χ3v) is 5.07. The zero-order valence-corrected chi connectivity index (χ0v) is 15.6. The van der Waals surface area contributed by atoms with Crippen molar-refractivity contribution in [2.45, 2.75) is 6.54 Å². The Bertz CT molecular complexity index is 1180. The SMILES string of the molecule is Brc1cnc2nc(CNc3nn4cc(-c5cccnc5)nc4s3)[nH]c2c1. The van der Waals surface area contributed by atoms with Crippen LogP contribution in [0.5, 0.6) is 0 Å². The number of aromatic amines is 1. The molecule has 128 valence electrons. The fourth-order valence-corrected chi connectivity index (χ4v) is 3.70.